The lowest BCUT2D eigenvalue weighted by Gasteiger charge is -2.30. The van der Waals surface area contributed by atoms with Crippen LogP contribution in [0.15, 0.2) is 72.8 Å². The maximum atomic E-state index is 10.4. The van der Waals surface area contributed by atoms with E-state index >= 15 is 0 Å². The van der Waals surface area contributed by atoms with Gasteiger partial charge in [-0.1, -0.05) is 60.7 Å². The topological polar surface area (TPSA) is 38.3 Å². The fraction of sp³-hybridized carbons (Fsp3) is 0.333. The van der Waals surface area contributed by atoms with Gasteiger partial charge in [0.15, 0.2) is 0 Å². The number of ether oxygens (including phenoxy) is 1. The minimum atomic E-state index is -0.433. The molecule has 1 heterocycles. The zero-order valence-electron chi connectivity index (χ0n) is 16.3. The van der Waals surface area contributed by atoms with Crippen LogP contribution < -0.4 is 14.5 Å². The summed E-state index contributed by atoms with van der Waals surface area (Å²) in [5.41, 5.74) is 1.41. The van der Waals surface area contributed by atoms with Crippen molar-refractivity contribution in [3.63, 3.8) is 0 Å². The largest absolute Gasteiger partial charge is 0.491 e. The van der Waals surface area contributed by atoms with Gasteiger partial charge in [-0.05, 0) is 22.9 Å². The van der Waals surface area contributed by atoms with Crippen LogP contribution in [0.2, 0.25) is 0 Å². The molecule has 4 rings (SSSR count). The van der Waals surface area contributed by atoms with Crippen LogP contribution in [0.1, 0.15) is 5.56 Å². The van der Waals surface area contributed by atoms with Crippen LogP contribution in [0.3, 0.4) is 0 Å². The van der Waals surface area contributed by atoms with Gasteiger partial charge in [0.1, 0.15) is 57.7 Å². The van der Waals surface area contributed by atoms with E-state index in [1.165, 1.54) is 15.8 Å². The van der Waals surface area contributed by atoms with Crippen molar-refractivity contribution < 1.29 is 19.6 Å². The second-order valence-corrected chi connectivity index (χ2v) is 7.84. The summed E-state index contributed by atoms with van der Waals surface area (Å²) in [5, 5.41) is 12.8. The number of hydrogen-bond donors (Lipinski definition) is 3. The van der Waals surface area contributed by atoms with Gasteiger partial charge in [0.25, 0.3) is 0 Å². The molecule has 0 radical (unpaired) electrons. The van der Waals surface area contributed by atoms with Gasteiger partial charge in [-0.3, -0.25) is 0 Å². The second-order valence-electron chi connectivity index (χ2n) is 7.84. The van der Waals surface area contributed by atoms with Gasteiger partial charge < -0.3 is 19.6 Å². The van der Waals surface area contributed by atoms with Crippen molar-refractivity contribution in [3.05, 3.63) is 78.4 Å². The lowest BCUT2D eigenvalue weighted by atomic mass is 10.1. The highest BCUT2D eigenvalue weighted by Gasteiger charge is 2.25. The summed E-state index contributed by atoms with van der Waals surface area (Å²) in [6.07, 6.45) is -0.433. The molecule has 1 fully saturated rings. The summed E-state index contributed by atoms with van der Waals surface area (Å²) in [4.78, 5) is 3.11. The van der Waals surface area contributed by atoms with Crippen molar-refractivity contribution in [2.45, 2.75) is 12.6 Å². The average Bonchev–Trinajstić information content (AvgIpc) is 2.74. The number of aliphatic hydroxyl groups excluding tert-OH is 1. The number of hydrogen-bond acceptors (Lipinski definition) is 2. The molecule has 0 bridgehead atoms. The summed E-state index contributed by atoms with van der Waals surface area (Å²) in [6, 6.07) is 25.1. The normalized spacial score (nSPS) is 20.8. The Bertz CT molecular complexity index is 876. The van der Waals surface area contributed by atoms with Gasteiger partial charge in [0.2, 0.25) is 0 Å². The smallest absolute Gasteiger partial charge is 0.137 e. The first-order valence-electron chi connectivity index (χ1n) is 10.3. The van der Waals surface area contributed by atoms with E-state index in [1.807, 2.05) is 24.3 Å². The minimum Gasteiger partial charge on any atom is -0.491 e. The third-order valence-corrected chi connectivity index (χ3v) is 5.65. The summed E-state index contributed by atoms with van der Waals surface area (Å²) in [6.45, 7) is 6.73. The molecule has 4 nitrogen and oxygen atoms in total. The molecular formula is C24H30N2O2+2. The third-order valence-electron chi connectivity index (χ3n) is 5.65. The van der Waals surface area contributed by atoms with Crippen molar-refractivity contribution >= 4 is 10.8 Å². The van der Waals surface area contributed by atoms with Crippen LogP contribution in [-0.2, 0) is 6.54 Å². The number of piperazine rings is 1. The number of fused-ring (bicyclic) bond motifs is 1. The van der Waals surface area contributed by atoms with Crippen molar-refractivity contribution in [2.24, 2.45) is 0 Å². The van der Waals surface area contributed by atoms with Crippen LogP contribution in [0, 0.1) is 0 Å². The minimum absolute atomic E-state index is 0.350. The van der Waals surface area contributed by atoms with Crippen molar-refractivity contribution in [3.8, 4) is 5.75 Å². The van der Waals surface area contributed by atoms with E-state index in [2.05, 4.69) is 48.5 Å². The van der Waals surface area contributed by atoms with Crippen molar-refractivity contribution in [1.82, 2.24) is 0 Å². The van der Waals surface area contributed by atoms with Crippen LogP contribution in [-0.4, -0.2) is 50.5 Å². The Labute approximate surface area is 167 Å². The van der Waals surface area contributed by atoms with E-state index in [4.69, 9.17) is 4.74 Å². The Morgan fingerprint density at radius 2 is 1.46 bits per heavy atom. The van der Waals surface area contributed by atoms with Gasteiger partial charge >= 0.3 is 0 Å². The number of rotatable bonds is 7. The summed E-state index contributed by atoms with van der Waals surface area (Å²) < 4.78 is 5.85. The van der Waals surface area contributed by atoms with Gasteiger partial charge in [0.05, 0.1) is 0 Å². The molecule has 1 atom stereocenters. The molecule has 3 aromatic rings. The van der Waals surface area contributed by atoms with Gasteiger partial charge in [0, 0.05) is 5.56 Å². The second kappa shape index (κ2) is 9.20. The molecule has 1 saturated heterocycles. The Morgan fingerprint density at radius 3 is 2.25 bits per heavy atom. The number of quaternary nitrogens is 2. The molecule has 1 aliphatic heterocycles. The number of nitrogens with one attached hydrogen (secondary N) is 2. The lowest BCUT2D eigenvalue weighted by Crippen LogP contribution is -3.28. The zero-order chi connectivity index (χ0) is 19.2. The van der Waals surface area contributed by atoms with E-state index in [1.54, 1.807) is 4.90 Å². The van der Waals surface area contributed by atoms with Crippen molar-refractivity contribution in [1.29, 1.82) is 0 Å². The Morgan fingerprint density at radius 1 is 0.786 bits per heavy atom. The first kappa shape index (κ1) is 18.9. The molecule has 146 valence electrons. The molecule has 0 saturated carbocycles. The fourth-order valence-corrected chi connectivity index (χ4v) is 4.06. The SMILES string of the molecule is O[C@@H](COc1ccc2ccccc2c1)C[NH+]1CC[NH+](Cc2ccccc2)CC1. The molecule has 0 spiro atoms. The monoisotopic (exact) mass is 378 g/mol. The first-order chi connectivity index (χ1) is 13.8. The zero-order valence-corrected chi connectivity index (χ0v) is 16.3. The molecule has 1 aliphatic rings. The molecule has 3 N–H and O–H groups in total. The molecule has 0 unspecified atom stereocenters. The van der Waals surface area contributed by atoms with Crippen LogP contribution >= 0.6 is 0 Å². The standard InChI is InChI=1S/C24H28N2O2/c27-23(19-28-24-11-10-21-8-4-5-9-22(21)16-24)18-26-14-12-25(13-15-26)17-20-6-2-1-3-7-20/h1-11,16,23,27H,12-15,17-19H2/p+2/t23-/m1/s1. The first-order valence-corrected chi connectivity index (χ1v) is 10.3. The molecule has 0 aromatic heterocycles. The van der Waals surface area contributed by atoms with E-state index in [0.717, 1.165) is 50.4 Å². The summed E-state index contributed by atoms with van der Waals surface area (Å²) in [7, 11) is 0. The molecular weight excluding hydrogens is 348 g/mol. The molecule has 0 aliphatic carbocycles. The highest BCUT2D eigenvalue weighted by molar-refractivity contribution is 5.83. The average molecular weight is 379 g/mol. The van der Waals surface area contributed by atoms with E-state index in [9.17, 15) is 5.11 Å². The van der Waals surface area contributed by atoms with Gasteiger partial charge in [-0.2, -0.15) is 0 Å². The van der Waals surface area contributed by atoms with Crippen molar-refractivity contribution in [2.75, 3.05) is 39.3 Å². The highest BCUT2D eigenvalue weighted by atomic mass is 16.5. The van der Waals surface area contributed by atoms with Gasteiger partial charge in [-0.15, -0.1) is 0 Å². The Balaban J connectivity index is 1.20. The molecule has 0 amide bonds. The number of benzene rings is 3. The number of aliphatic hydroxyl groups is 1. The fourth-order valence-electron chi connectivity index (χ4n) is 4.06. The Hall–Kier alpha value is -2.40. The highest BCUT2D eigenvalue weighted by Crippen LogP contribution is 2.20. The van der Waals surface area contributed by atoms with E-state index in [-0.39, 0.29) is 0 Å². The van der Waals surface area contributed by atoms with Crippen LogP contribution in [0.4, 0.5) is 0 Å². The molecule has 28 heavy (non-hydrogen) atoms. The molecule has 4 heteroatoms. The quantitative estimate of drug-likeness (QED) is 0.562. The Kier molecular flexibility index (Phi) is 6.22. The van der Waals surface area contributed by atoms with E-state index in [0.29, 0.717) is 6.61 Å². The summed E-state index contributed by atoms with van der Waals surface area (Å²) in [5.74, 6) is 0.824. The van der Waals surface area contributed by atoms with Gasteiger partial charge in [-0.25, -0.2) is 0 Å². The predicted molar refractivity (Wildman–Crippen MR) is 112 cm³/mol. The lowest BCUT2D eigenvalue weighted by molar-refractivity contribution is -1.02. The summed E-state index contributed by atoms with van der Waals surface area (Å²) >= 11 is 0. The third kappa shape index (κ3) is 5.10. The maximum absolute atomic E-state index is 10.4. The van der Waals surface area contributed by atoms with Crippen LogP contribution in [0.5, 0.6) is 5.75 Å². The predicted octanol–water partition coefficient (Wildman–Crippen LogP) is 0.563. The van der Waals surface area contributed by atoms with Crippen LogP contribution in [0.25, 0.3) is 10.8 Å². The van der Waals surface area contributed by atoms with E-state index < -0.39 is 6.10 Å². The molecule has 3 aromatic carbocycles. The maximum Gasteiger partial charge on any atom is 0.137 e.